The molecular formula is C15H19BrN2S2. The summed E-state index contributed by atoms with van der Waals surface area (Å²) in [5.74, 6) is 0. The Morgan fingerprint density at radius 2 is 2.25 bits per heavy atom. The molecule has 0 aromatic carbocycles. The first-order valence-electron chi connectivity index (χ1n) is 6.89. The van der Waals surface area contributed by atoms with Gasteiger partial charge in [0.15, 0.2) is 0 Å². The van der Waals surface area contributed by atoms with Gasteiger partial charge >= 0.3 is 0 Å². The zero-order valence-corrected chi connectivity index (χ0v) is 14.9. The lowest BCUT2D eigenvalue weighted by Gasteiger charge is -2.41. The number of rotatable bonds is 3. The highest BCUT2D eigenvalue weighted by atomic mass is 79.9. The molecule has 3 rings (SSSR count). The van der Waals surface area contributed by atoms with E-state index in [1.165, 1.54) is 10.4 Å². The summed E-state index contributed by atoms with van der Waals surface area (Å²) in [4.78, 5) is 5.47. The number of halogens is 1. The highest BCUT2D eigenvalue weighted by Crippen LogP contribution is 2.40. The van der Waals surface area contributed by atoms with Crippen LogP contribution in [0.5, 0.6) is 0 Å². The van der Waals surface area contributed by atoms with Crippen LogP contribution in [-0.2, 0) is 6.42 Å². The number of nitrogens with two attached hydrogens (primary N) is 1. The molecule has 0 radical (unpaired) electrons. The molecule has 5 heteroatoms. The number of nitrogens with zero attached hydrogens (tertiary/aromatic N) is 1. The van der Waals surface area contributed by atoms with Crippen LogP contribution < -0.4 is 5.73 Å². The molecule has 0 saturated heterocycles. The number of fused-ring (bicyclic) bond motifs is 1. The summed E-state index contributed by atoms with van der Waals surface area (Å²) >= 11 is 7.25. The minimum absolute atomic E-state index is 0.128. The molecule has 20 heavy (non-hydrogen) atoms. The zero-order valence-electron chi connectivity index (χ0n) is 11.7. The van der Waals surface area contributed by atoms with Crippen molar-refractivity contribution < 1.29 is 0 Å². The second-order valence-electron chi connectivity index (χ2n) is 5.43. The second-order valence-corrected chi connectivity index (χ2v) is 8.29. The van der Waals surface area contributed by atoms with Crippen LogP contribution >= 0.6 is 38.6 Å². The van der Waals surface area contributed by atoms with Crippen molar-refractivity contribution in [1.82, 2.24) is 4.90 Å². The fraction of sp³-hybridized carbons (Fsp3) is 0.467. The first-order valence-corrected chi connectivity index (χ1v) is 9.44. The van der Waals surface area contributed by atoms with E-state index in [-0.39, 0.29) is 6.04 Å². The first kappa shape index (κ1) is 14.7. The lowest BCUT2D eigenvalue weighted by atomic mass is 9.96. The van der Waals surface area contributed by atoms with E-state index in [1.807, 2.05) is 11.3 Å². The Morgan fingerprint density at radius 1 is 1.45 bits per heavy atom. The highest BCUT2D eigenvalue weighted by Gasteiger charge is 2.33. The molecule has 0 spiro atoms. The van der Waals surface area contributed by atoms with Gasteiger partial charge in [-0.05, 0) is 59.3 Å². The van der Waals surface area contributed by atoms with E-state index in [0.29, 0.717) is 12.1 Å². The normalized spacial score (nSPS) is 22.5. The molecule has 2 aromatic heterocycles. The maximum atomic E-state index is 6.32. The first-order chi connectivity index (χ1) is 9.58. The third-order valence-electron chi connectivity index (χ3n) is 4.06. The summed E-state index contributed by atoms with van der Waals surface area (Å²) in [6, 6.07) is 5.37. The fourth-order valence-electron chi connectivity index (χ4n) is 3.12. The van der Waals surface area contributed by atoms with Crippen LogP contribution in [0.15, 0.2) is 27.4 Å². The minimum atomic E-state index is 0.128. The average molecular weight is 371 g/mol. The van der Waals surface area contributed by atoms with Gasteiger partial charge in [-0.1, -0.05) is 0 Å². The molecule has 0 bridgehead atoms. The molecule has 3 atom stereocenters. The average Bonchev–Trinajstić information content (AvgIpc) is 3.01. The minimum Gasteiger partial charge on any atom is -0.326 e. The monoisotopic (exact) mass is 370 g/mol. The van der Waals surface area contributed by atoms with Crippen molar-refractivity contribution >= 4 is 38.6 Å². The second kappa shape index (κ2) is 5.89. The van der Waals surface area contributed by atoms with Crippen LogP contribution in [0.25, 0.3) is 0 Å². The Bertz CT molecular complexity index is 590. The molecule has 1 aliphatic rings. The Balaban J connectivity index is 1.93. The van der Waals surface area contributed by atoms with E-state index < -0.39 is 0 Å². The van der Waals surface area contributed by atoms with Gasteiger partial charge in [-0.3, -0.25) is 4.90 Å². The van der Waals surface area contributed by atoms with E-state index in [1.54, 1.807) is 16.2 Å². The van der Waals surface area contributed by atoms with Crippen molar-refractivity contribution in [3.05, 3.63) is 42.7 Å². The van der Waals surface area contributed by atoms with E-state index >= 15 is 0 Å². The summed E-state index contributed by atoms with van der Waals surface area (Å²) in [6.07, 6.45) is 1.15. The zero-order chi connectivity index (χ0) is 14.3. The molecular weight excluding hydrogens is 352 g/mol. The summed E-state index contributed by atoms with van der Waals surface area (Å²) in [6.45, 7) is 5.52. The Morgan fingerprint density at radius 3 is 2.90 bits per heavy atom. The third-order valence-corrected chi connectivity index (χ3v) is 6.82. The predicted molar refractivity (Wildman–Crippen MR) is 91.6 cm³/mol. The maximum absolute atomic E-state index is 6.32. The van der Waals surface area contributed by atoms with E-state index in [0.717, 1.165) is 17.4 Å². The van der Waals surface area contributed by atoms with E-state index in [4.69, 9.17) is 5.73 Å². The van der Waals surface area contributed by atoms with Gasteiger partial charge in [0.25, 0.3) is 0 Å². The van der Waals surface area contributed by atoms with Gasteiger partial charge in [-0.2, -0.15) is 0 Å². The molecule has 3 heterocycles. The smallest absolute Gasteiger partial charge is 0.0596 e. The standard InChI is InChI=1S/C15H19BrN2S2/c1-9(17)15(14-7-11(16)8-20-14)18-5-3-13-12(10(18)2)4-6-19-13/h4,6-10,15H,3,5,17H2,1-2H3. The molecule has 2 aromatic rings. The summed E-state index contributed by atoms with van der Waals surface area (Å²) in [5.41, 5.74) is 7.81. The Kier molecular flexibility index (Phi) is 4.34. The van der Waals surface area contributed by atoms with Crippen molar-refractivity contribution in [3.8, 4) is 0 Å². The molecule has 0 fully saturated rings. The Labute approximate surface area is 136 Å². The lowest BCUT2D eigenvalue weighted by Crippen LogP contribution is -2.43. The van der Waals surface area contributed by atoms with Gasteiger partial charge in [0.1, 0.15) is 0 Å². The molecule has 1 aliphatic heterocycles. The van der Waals surface area contributed by atoms with Crippen LogP contribution in [0.1, 0.15) is 41.2 Å². The largest absolute Gasteiger partial charge is 0.326 e. The van der Waals surface area contributed by atoms with Crippen molar-refractivity contribution in [1.29, 1.82) is 0 Å². The predicted octanol–water partition coefficient (Wildman–Crippen LogP) is 4.58. The van der Waals surface area contributed by atoms with E-state index in [2.05, 4.69) is 57.6 Å². The topological polar surface area (TPSA) is 29.3 Å². The quantitative estimate of drug-likeness (QED) is 0.856. The van der Waals surface area contributed by atoms with Crippen LogP contribution in [0, 0.1) is 0 Å². The van der Waals surface area contributed by atoms with Crippen LogP contribution in [0.2, 0.25) is 0 Å². The van der Waals surface area contributed by atoms with Crippen molar-refractivity contribution in [2.45, 2.75) is 38.4 Å². The maximum Gasteiger partial charge on any atom is 0.0596 e. The van der Waals surface area contributed by atoms with Crippen molar-refractivity contribution in [2.75, 3.05) is 6.54 Å². The molecule has 108 valence electrons. The molecule has 3 unspecified atom stereocenters. The van der Waals surface area contributed by atoms with Gasteiger partial charge in [0, 0.05) is 38.2 Å². The summed E-state index contributed by atoms with van der Waals surface area (Å²) < 4.78 is 1.16. The molecule has 0 saturated carbocycles. The van der Waals surface area contributed by atoms with E-state index in [9.17, 15) is 0 Å². The van der Waals surface area contributed by atoms with Crippen LogP contribution in [0.4, 0.5) is 0 Å². The van der Waals surface area contributed by atoms with Crippen molar-refractivity contribution in [2.24, 2.45) is 5.73 Å². The van der Waals surface area contributed by atoms with Crippen molar-refractivity contribution in [3.63, 3.8) is 0 Å². The van der Waals surface area contributed by atoms with Gasteiger partial charge in [-0.15, -0.1) is 22.7 Å². The van der Waals surface area contributed by atoms with Gasteiger partial charge in [0.05, 0.1) is 6.04 Å². The summed E-state index contributed by atoms with van der Waals surface area (Å²) in [7, 11) is 0. The SMILES string of the molecule is CC(N)C(c1cc(Br)cs1)N1CCc2sccc2C1C. The number of thiophene rings is 2. The van der Waals surface area contributed by atoms with Crippen LogP contribution in [-0.4, -0.2) is 17.5 Å². The third kappa shape index (κ3) is 2.62. The molecule has 0 amide bonds. The number of hydrogen-bond donors (Lipinski definition) is 1. The van der Waals surface area contributed by atoms with Gasteiger partial charge < -0.3 is 5.73 Å². The highest BCUT2D eigenvalue weighted by molar-refractivity contribution is 9.10. The number of hydrogen-bond acceptors (Lipinski definition) is 4. The molecule has 2 N–H and O–H groups in total. The fourth-order valence-corrected chi connectivity index (χ4v) is 5.76. The lowest BCUT2D eigenvalue weighted by molar-refractivity contribution is 0.121. The molecule has 0 aliphatic carbocycles. The van der Waals surface area contributed by atoms with Crippen LogP contribution in [0.3, 0.4) is 0 Å². The summed E-state index contributed by atoms with van der Waals surface area (Å²) in [5, 5.41) is 4.36. The van der Waals surface area contributed by atoms with Gasteiger partial charge in [0.2, 0.25) is 0 Å². The Hall–Kier alpha value is -0.200. The molecule has 2 nitrogen and oxygen atoms in total. The van der Waals surface area contributed by atoms with Gasteiger partial charge in [-0.25, -0.2) is 0 Å².